The molecule has 3 atom stereocenters. The molecule has 28 heavy (non-hydrogen) atoms. The van der Waals surface area contributed by atoms with Crippen LogP contribution in [0.3, 0.4) is 0 Å². The molecule has 1 heterocycles. The van der Waals surface area contributed by atoms with Gasteiger partial charge in [0.25, 0.3) is 0 Å². The number of carbonyl (C=O) groups excluding carboxylic acids is 1. The van der Waals surface area contributed by atoms with Crippen molar-refractivity contribution in [3.05, 3.63) is 89.5 Å². The Bertz CT molecular complexity index is 1080. The highest BCUT2D eigenvalue weighted by Gasteiger charge is 2.38. The van der Waals surface area contributed by atoms with E-state index in [1.807, 2.05) is 25.1 Å². The van der Waals surface area contributed by atoms with E-state index in [1.165, 1.54) is 21.9 Å². The highest BCUT2D eigenvalue weighted by Crippen LogP contribution is 2.50. The fourth-order valence-corrected chi connectivity index (χ4v) is 4.77. The van der Waals surface area contributed by atoms with Crippen LogP contribution in [0.5, 0.6) is 0 Å². The number of ether oxygens (including phenoxy) is 1. The number of nitrogens with one attached hydrogen (secondary N) is 1. The van der Waals surface area contributed by atoms with Gasteiger partial charge in [-0.05, 0) is 59.4 Å². The molecule has 0 spiro atoms. The van der Waals surface area contributed by atoms with Gasteiger partial charge in [-0.15, -0.1) is 0 Å². The molecule has 3 nitrogen and oxygen atoms in total. The summed E-state index contributed by atoms with van der Waals surface area (Å²) in [7, 11) is 0. The van der Waals surface area contributed by atoms with E-state index >= 15 is 0 Å². The van der Waals surface area contributed by atoms with Crippen LogP contribution in [-0.2, 0) is 4.74 Å². The van der Waals surface area contributed by atoms with Crippen molar-refractivity contribution in [2.24, 2.45) is 5.92 Å². The second-order valence-corrected chi connectivity index (χ2v) is 7.57. The van der Waals surface area contributed by atoms with Crippen molar-refractivity contribution in [3.8, 4) is 0 Å². The zero-order chi connectivity index (χ0) is 19.1. The zero-order valence-corrected chi connectivity index (χ0v) is 15.9. The summed E-state index contributed by atoms with van der Waals surface area (Å²) in [5.74, 6) is 0.505. The molecule has 3 aromatic carbocycles. The predicted octanol–water partition coefficient (Wildman–Crippen LogP) is 5.84. The summed E-state index contributed by atoms with van der Waals surface area (Å²) >= 11 is 0. The Morgan fingerprint density at radius 1 is 1.07 bits per heavy atom. The van der Waals surface area contributed by atoms with E-state index in [0.717, 1.165) is 12.1 Å². The Hall–Kier alpha value is -3.07. The van der Waals surface area contributed by atoms with Gasteiger partial charge in [0.15, 0.2) is 0 Å². The Morgan fingerprint density at radius 2 is 1.93 bits per heavy atom. The maximum absolute atomic E-state index is 12.2. The number of hydrogen-bond acceptors (Lipinski definition) is 3. The lowest BCUT2D eigenvalue weighted by molar-refractivity contribution is 0.0526. The molecule has 3 heteroatoms. The molecule has 2 aliphatic rings. The van der Waals surface area contributed by atoms with Crippen LogP contribution in [0.15, 0.2) is 72.8 Å². The number of allylic oxidation sites excluding steroid dienone is 2. The fourth-order valence-electron chi connectivity index (χ4n) is 4.77. The second kappa shape index (κ2) is 6.83. The molecule has 5 rings (SSSR count). The van der Waals surface area contributed by atoms with Gasteiger partial charge in [-0.2, -0.15) is 0 Å². The number of benzene rings is 3. The minimum absolute atomic E-state index is 0.243. The molecule has 1 N–H and O–H groups in total. The minimum atomic E-state index is -0.250. The van der Waals surface area contributed by atoms with Gasteiger partial charge in [-0.25, -0.2) is 4.79 Å². The second-order valence-electron chi connectivity index (χ2n) is 7.57. The number of carbonyl (C=O) groups is 1. The normalized spacial score (nSPS) is 22.4. The molecule has 140 valence electrons. The van der Waals surface area contributed by atoms with Crippen LogP contribution in [0.4, 0.5) is 5.69 Å². The third-order valence-electron chi connectivity index (χ3n) is 6.03. The lowest BCUT2D eigenvalue weighted by Gasteiger charge is -2.38. The smallest absolute Gasteiger partial charge is 0.338 e. The number of fused-ring (bicyclic) bond motifs is 4. The van der Waals surface area contributed by atoms with Gasteiger partial charge in [0.05, 0.1) is 18.2 Å². The largest absolute Gasteiger partial charge is 0.462 e. The van der Waals surface area contributed by atoms with Gasteiger partial charge < -0.3 is 10.1 Å². The van der Waals surface area contributed by atoms with Crippen LogP contribution in [0.1, 0.15) is 46.8 Å². The molecule has 1 aliphatic heterocycles. The molecule has 0 saturated carbocycles. The number of esters is 1. The van der Waals surface area contributed by atoms with Crippen molar-refractivity contribution < 1.29 is 9.53 Å². The molecular weight excluding hydrogens is 346 g/mol. The monoisotopic (exact) mass is 369 g/mol. The highest BCUT2D eigenvalue weighted by molar-refractivity contribution is 5.91. The molecule has 0 fully saturated rings. The number of anilines is 1. The molecule has 0 unspecified atom stereocenters. The average molecular weight is 369 g/mol. The Kier molecular flexibility index (Phi) is 4.16. The molecule has 0 bridgehead atoms. The van der Waals surface area contributed by atoms with Crippen LogP contribution < -0.4 is 5.32 Å². The first-order valence-corrected chi connectivity index (χ1v) is 9.98. The van der Waals surface area contributed by atoms with E-state index in [9.17, 15) is 4.79 Å². The van der Waals surface area contributed by atoms with E-state index in [-0.39, 0.29) is 12.0 Å². The minimum Gasteiger partial charge on any atom is -0.462 e. The fraction of sp³-hybridized carbons (Fsp3) is 0.240. The average Bonchev–Trinajstić information content (AvgIpc) is 3.23. The molecule has 0 saturated heterocycles. The van der Waals surface area contributed by atoms with Gasteiger partial charge in [0, 0.05) is 11.6 Å². The van der Waals surface area contributed by atoms with Crippen LogP contribution in [-0.4, -0.2) is 12.6 Å². The van der Waals surface area contributed by atoms with Gasteiger partial charge in [0.1, 0.15) is 0 Å². The van der Waals surface area contributed by atoms with Crippen LogP contribution in [0, 0.1) is 5.92 Å². The Morgan fingerprint density at radius 3 is 2.82 bits per heavy atom. The molecule has 0 radical (unpaired) electrons. The summed E-state index contributed by atoms with van der Waals surface area (Å²) < 4.78 is 5.19. The summed E-state index contributed by atoms with van der Waals surface area (Å²) in [6.45, 7) is 2.23. The van der Waals surface area contributed by atoms with Crippen molar-refractivity contribution in [1.82, 2.24) is 0 Å². The van der Waals surface area contributed by atoms with Crippen LogP contribution in [0.25, 0.3) is 10.8 Å². The van der Waals surface area contributed by atoms with Gasteiger partial charge >= 0.3 is 5.97 Å². The SMILES string of the molecule is CCOC(=O)c1ccc2c(c1)[C@@H]1C=CC[C@H]1[C@@H](c1cccc3ccccc13)N2. The van der Waals surface area contributed by atoms with Crippen molar-refractivity contribution in [3.63, 3.8) is 0 Å². The summed E-state index contributed by atoms with van der Waals surface area (Å²) in [5.41, 5.74) is 4.28. The molecule has 3 aromatic rings. The highest BCUT2D eigenvalue weighted by atomic mass is 16.5. The lowest BCUT2D eigenvalue weighted by Crippen LogP contribution is -2.29. The van der Waals surface area contributed by atoms with E-state index in [0.29, 0.717) is 24.0 Å². The first kappa shape index (κ1) is 17.1. The first-order chi connectivity index (χ1) is 13.8. The van der Waals surface area contributed by atoms with Crippen molar-refractivity contribution in [2.45, 2.75) is 25.3 Å². The van der Waals surface area contributed by atoms with Gasteiger partial charge in [0.2, 0.25) is 0 Å². The zero-order valence-electron chi connectivity index (χ0n) is 15.9. The maximum Gasteiger partial charge on any atom is 0.338 e. The third-order valence-corrected chi connectivity index (χ3v) is 6.03. The van der Waals surface area contributed by atoms with Crippen molar-refractivity contribution in [2.75, 3.05) is 11.9 Å². The Balaban J connectivity index is 1.59. The lowest BCUT2D eigenvalue weighted by atomic mass is 9.76. The number of hydrogen-bond donors (Lipinski definition) is 1. The van der Waals surface area contributed by atoms with Crippen LogP contribution >= 0.6 is 0 Å². The van der Waals surface area contributed by atoms with E-state index in [2.05, 4.69) is 59.9 Å². The predicted molar refractivity (Wildman–Crippen MR) is 113 cm³/mol. The first-order valence-electron chi connectivity index (χ1n) is 9.98. The van der Waals surface area contributed by atoms with Crippen molar-refractivity contribution >= 4 is 22.4 Å². The number of rotatable bonds is 3. The summed E-state index contributed by atoms with van der Waals surface area (Å²) in [6.07, 6.45) is 5.62. The summed E-state index contributed by atoms with van der Waals surface area (Å²) in [6, 6.07) is 21.3. The van der Waals surface area contributed by atoms with E-state index in [1.54, 1.807) is 0 Å². The van der Waals surface area contributed by atoms with Crippen LogP contribution in [0.2, 0.25) is 0 Å². The standard InChI is InChI=1S/C25H23NO2/c1-2-28-25(27)17-13-14-23-22(15-17)19-10-6-12-21(19)24(26-23)20-11-5-8-16-7-3-4-9-18(16)20/h3-11,13-15,19,21,24,26H,2,12H2,1H3/t19-,21-,24-/m1/s1. The van der Waals surface area contributed by atoms with Crippen molar-refractivity contribution in [1.29, 1.82) is 0 Å². The molecule has 0 amide bonds. The van der Waals surface area contributed by atoms with E-state index < -0.39 is 0 Å². The molecule has 1 aliphatic carbocycles. The Labute approximate surface area is 165 Å². The summed E-state index contributed by atoms with van der Waals surface area (Å²) in [5, 5.41) is 6.36. The van der Waals surface area contributed by atoms with Gasteiger partial charge in [-0.1, -0.05) is 54.6 Å². The third kappa shape index (κ3) is 2.70. The van der Waals surface area contributed by atoms with Gasteiger partial charge in [-0.3, -0.25) is 0 Å². The summed E-state index contributed by atoms with van der Waals surface area (Å²) in [4.78, 5) is 12.2. The van der Waals surface area contributed by atoms with E-state index in [4.69, 9.17) is 4.74 Å². The quantitative estimate of drug-likeness (QED) is 0.465. The maximum atomic E-state index is 12.2. The molecular formula is C25H23NO2. The molecule has 0 aromatic heterocycles. The topological polar surface area (TPSA) is 38.3 Å².